The van der Waals surface area contributed by atoms with Crippen LogP contribution in [0.3, 0.4) is 0 Å². The molecule has 0 aliphatic carbocycles. The van der Waals surface area contributed by atoms with Crippen LogP contribution in [-0.4, -0.2) is 65.0 Å². The Hall–Kier alpha value is -2.18. The normalized spacial score (nSPS) is 16.1. The molecule has 2 aromatic rings. The van der Waals surface area contributed by atoms with Crippen LogP contribution < -0.4 is 5.32 Å². The van der Waals surface area contributed by atoms with Crippen molar-refractivity contribution in [2.75, 3.05) is 39.8 Å². The van der Waals surface area contributed by atoms with Crippen molar-refractivity contribution in [3.05, 3.63) is 48.0 Å². The zero-order valence-electron chi connectivity index (χ0n) is 15.1. The highest BCUT2D eigenvalue weighted by molar-refractivity contribution is 5.76. The molecule has 1 aromatic heterocycles. The lowest BCUT2D eigenvalue weighted by molar-refractivity contribution is -0.121. The van der Waals surface area contributed by atoms with Gasteiger partial charge in [-0.2, -0.15) is 0 Å². The Balaban J connectivity index is 1.42. The fraction of sp³-hybridized carbons (Fsp3) is 0.474. The number of carbonyl (C=O) groups is 1. The van der Waals surface area contributed by atoms with Crippen LogP contribution >= 0.6 is 0 Å². The molecule has 3 rings (SSSR count). The minimum atomic E-state index is 0.119. The number of likely N-dealkylation sites (N-methyl/N-ethyl adjacent to an activating group) is 1. The highest BCUT2D eigenvalue weighted by Crippen LogP contribution is 2.11. The smallest absolute Gasteiger partial charge is 0.221 e. The van der Waals surface area contributed by atoms with Crippen molar-refractivity contribution in [2.24, 2.45) is 0 Å². The van der Waals surface area contributed by atoms with Crippen molar-refractivity contribution >= 4 is 5.91 Å². The van der Waals surface area contributed by atoms with E-state index in [0.29, 0.717) is 13.0 Å². The summed E-state index contributed by atoms with van der Waals surface area (Å²) in [6, 6.07) is 8.21. The Bertz CT molecular complexity index is 686. The molecule has 25 heavy (non-hydrogen) atoms. The predicted octanol–water partition coefficient (Wildman–Crippen LogP) is 1.43. The Morgan fingerprint density at radius 1 is 1.16 bits per heavy atom. The summed E-state index contributed by atoms with van der Waals surface area (Å²) < 4.78 is 2.04. The van der Waals surface area contributed by atoms with Crippen molar-refractivity contribution in [3.63, 3.8) is 0 Å². The van der Waals surface area contributed by atoms with Gasteiger partial charge < -0.3 is 19.7 Å². The van der Waals surface area contributed by atoms with E-state index in [9.17, 15) is 4.79 Å². The minimum Gasteiger partial charge on any atom is -0.352 e. The maximum Gasteiger partial charge on any atom is 0.221 e. The summed E-state index contributed by atoms with van der Waals surface area (Å²) in [5, 5.41) is 3.02. The summed E-state index contributed by atoms with van der Waals surface area (Å²) in [6.45, 7) is 7.68. The monoisotopic (exact) mass is 341 g/mol. The number of nitrogens with zero attached hydrogens (tertiary/aromatic N) is 4. The van der Waals surface area contributed by atoms with Crippen LogP contribution in [-0.2, 0) is 11.3 Å². The van der Waals surface area contributed by atoms with Crippen LogP contribution in [0.5, 0.6) is 0 Å². The van der Waals surface area contributed by atoms with E-state index in [2.05, 4.69) is 51.4 Å². The third-order valence-electron chi connectivity index (χ3n) is 4.78. The molecule has 1 saturated heterocycles. The first-order chi connectivity index (χ1) is 12.1. The molecule has 1 amide bonds. The lowest BCUT2D eigenvalue weighted by Crippen LogP contribution is -2.45. The van der Waals surface area contributed by atoms with Gasteiger partial charge in [-0.1, -0.05) is 12.1 Å². The zero-order valence-corrected chi connectivity index (χ0v) is 15.1. The summed E-state index contributed by atoms with van der Waals surface area (Å²) >= 11 is 0. The maximum absolute atomic E-state index is 12.1. The molecule has 1 aliphatic heterocycles. The average molecular weight is 341 g/mol. The first-order valence-electron chi connectivity index (χ1n) is 8.89. The Kier molecular flexibility index (Phi) is 5.83. The number of rotatable bonds is 6. The van der Waals surface area contributed by atoms with E-state index in [4.69, 9.17) is 0 Å². The number of imidazole rings is 1. The van der Waals surface area contributed by atoms with Gasteiger partial charge in [0.15, 0.2) is 0 Å². The highest BCUT2D eigenvalue weighted by Gasteiger charge is 2.14. The van der Waals surface area contributed by atoms with Gasteiger partial charge >= 0.3 is 0 Å². The van der Waals surface area contributed by atoms with Crippen molar-refractivity contribution in [3.8, 4) is 5.69 Å². The third-order valence-corrected chi connectivity index (χ3v) is 4.78. The number of nitrogens with one attached hydrogen (secondary N) is 1. The Labute approximate surface area is 149 Å². The van der Waals surface area contributed by atoms with E-state index in [1.807, 2.05) is 17.7 Å². The summed E-state index contributed by atoms with van der Waals surface area (Å²) in [5.41, 5.74) is 2.19. The highest BCUT2D eigenvalue weighted by atomic mass is 16.1. The molecular formula is C19H27N5O. The van der Waals surface area contributed by atoms with Crippen molar-refractivity contribution < 1.29 is 4.79 Å². The van der Waals surface area contributed by atoms with Gasteiger partial charge in [0, 0.05) is 63.8 Å². The SMILES string of the molecule is Cc1nccn1-c1ccc(CNC(=O)CCN2CCN(C)CC2)cc1. The topological polar surface area (TPSA) is 53.4 Å². The van der Waals surface area contributed by atoms with Gasteiger partial charge in [-0.3, -0.25) is 4.79 Å². The zero-order chi connectivity index (χ0) is 17.6. The molecule has 134 valence electrons. The van der Waals surface area contributed by atoms with E-state index in [-0.39, 0.29) is 5.91 Å². The number of aryl methyl sites for hydroxylation is 1. The summed E-state index contributed by atoms with van der Waals surface area (Å²) in [6.07, 6.45) is 4.31. The number of amides is 1. The summed E-state index contributed by atoms with van der Waals surface area (Å²) in [5.74, 6) is 1.08. The van der Waals surface area contributed by atoms with Gasteiger partial charge in [0.2, 0.25) is 5.91 Å². The number of hydrogen-bond donors (Lipinski definition) is 1. The maximum atomic E-state index is 12.1. The van der Waals surface area contributed by atoms with E-state index >= 15 is 0 Å². The van der Waals surface area contributed by atoms with Crippen LogP contribution in [0.15, 0.2) is 36.7 Å². The minimum absolute atomic E-state index is 0.119. The van der Waals surface area contributed by atoms with Gasteiger partial charge in [0.05, 0.1) is 0 Å². The van der Waals surface area contributed by atoms with E-state index in [1.54, 1.807) is 6.20 Å². The van der Waals surface area contributed by atoms with E-state index < -0.39 is 0 Å². The molecule has 0 saturated carbocycles. The third kappa shape index (κ3) is 4.90. The Morgan fingerprint density at radius 2 is 1.88 bits per heavy atom. The molecule has 0 unspecified atom stereocenters. The van der Waals surface area contributed by atoms with E-state index in [1.165, 1.54) is 0 Å². The molecule has 1 N–H and O–H groups in total. The number of piperazine rings is 1. The van der Waals surface area contributed by atoms with Crippen LogP contribution in [0.2, 0.25) is 0 Å². The molecule has 2 heterocycles. The second kappa shape index (κ2) is 8.27. The first kappa shape index (κ1) is 17.6. The quantitative estimate of drug-likeness (QED) is 0.864. The summed E-state index contributed by atoms with van der Waals surface area (Å²) in [4.78, 5) is 21.0. The first-order valence-corrected chi connectivity index (χ1v) is 8.89. The predicted molar refractivity (Wildman–Crippen MR) is 98.7 cm³/mol. The molecule has 1 aliphatic rings. The Morgan fingerprint density at radius 3 is 2.52 bits per heavy atom. The fourth-order valence-electron chi connectivity index (χ4n) is 3.05. The van der Waals surface area contributed by atoms with Crippen molar-refractivity contribution in [2.45, 2.75) is 19.9 Å². The molecule has 0 radical (unpaired) electrons. The number of aromatic nitrogens is 2. The van der Waals surface area contributed by atoms with E-state index in [0.717, 1.165) is 49.8 Å². The van der Waals surface area contributed by atoms with Crippen LogP contribution in [0.4, 0.5) is 0 Å². The van der Waals surface area contributed by atoms with Gasteiger partial charge in [-0.25, -0.2) is 4.98 Å². The van der Waals surface area contributed by atoms with Crippen molar-refractivity contribution in [1.82, 2.24) is 24.7 Å². The van der Waals surface area contributed by atoms with Gasteiger partial charge in [0.1, 0.15) is 5.82 Å². The second-order valence-electron chi connectivity index (χ2n) is 6.68. The molecule has 0 spiro atoms. The van der Waals surface area contributed by atoms with Crippen LogP contribution in [0, 0.1) is 6.92 Å². The van der Waals surface area contributed by atoms with Gasteiger partial charge in [-0.05, 0) is 31.7 Å². The largest absolute Gasteiger partial charge is 0.352 e. The van der Waals surface area contributed by atoms with Crippen LogP contribution in [0.25, 0.3) is 5.69 Å². The second-order valence-corrected chi connectivity index (χ2v) is 6.68. The number of carbonyl (C=O) groups excluding carboxylic acids is 1. The van der Waals surface area contributed by atoms with Gasteiger partial charge in [0.25, 0.3) is 0 Å². The molecule has 0 bridgehead atoms. The van der Waals surface area contributed by atoms with Crippen LogP contribution in [0.1, 0.15) is 17.8 Å². The lowest BCUT2D eigenvalue weighted by Gasteiger charge is -2.32. The molecule has 0 atom stereocenters. The fourth-order valence-corrected chi connectivity index (χ4v) is 3.05. The molecule has 6 nitrogen and oxygen atoms in total. The standard InChI is InChI=1S/C19H27N5O/c1-16-20-8-10-24(16)18-5-3-17(4-6-18)15-21-19(25)7-9-23-13-11-22(2)12-14-23/h3-6,8,10H,7,9,11-15H2,1-2H3,(H,21,25). The molecule has 1 aromatic carbocycles. The molecule has 1 fully saturated rings. The van der Waals surface area contributed by atoms with Crippen molar-refractivity contribution in [1.29, 1.82) is 0 Å². The number of hydrogen-bond acceptors (Lipinski definition) is 4. The van der Waals surface area contributed by atoms with Gasteiger partial charge in [-0.15, -0.1) is 0 Å². The molecule has 6 heteroatoms. The average Bonchev–Trinajstić information content (AvgIpc) is 3.06. The number of benzene rings is 1. The lowest BCUT2D eigenvalue weighted by atomic mass is 10.2. The molecular weight excluding hydrogens is 314 g/mol. The summed E-state index contributed by atoms with van der Waals surface area (Å²) in [7, 11) is 2.14.